The predicted molar refractivity (Wildman–Crippen MR) is 73.1 cm³/mol. The van der Waals surface area contributed by atoms with Gasteiger partial charge in [-0.05, 0) is 37.0 Å². The van der Waals surface area contributed by atoms with Crippen molar-refractivity contribution in [2.45, 2.75) is 43.9 Å². The second-order valence-electron chi connectivity index (χ2n) is 5.13. The maximum absolute atomic E-state index is 5.97. The molecule has 3 nitrogen and oxygen atoms in total. The van der Waals surface area contributed by atoms with Crippen LogP contribution in [0.1, 0.15) is 24.8 Å². The maximum Gasteiger partial charge on any atom is 0.188 e. The molecule has 1 heterocycles. The summed E-state index contributed by atoms with van der Waals surface area (Å²) in [6.07, 6.45) is 3.99. The number of nitrogens with two attached hydrogens (primary N) is 1. The van der Waals surface area contributed by atoms with Crippen LogP contribution in [0.5, 0.6) is 0 Å². The van der Waals surface area contributed by atoms with Crippen LogP contribution in [0, 0.1) is 0 Å². The van der Waals surface area contributed by atoms with Crippen molar-refractivity contribution in [1.29, 1.82) is 0 Å². The number of halogens is 1. The molecule has 3 unspecified atom stereocenters. The van der Waals surface area contributed by atoms with Gasteiger partial charge < -0.3 is 10.5 Å². The molecular weight excluding hydrogens is 248 g/mol. The highest BCUT2D eigenvalue weighted by molar-refractivity contribution is 6.30. The van der Waals surface area contributed by atoms with Gasteiger partial charge in [0.2, 0.25) is 0 Å². The Balaban J connectivity index is 1.69. The molecule has 0 aromatic heterocycles. The lowest BCUT2D eigenvalue weighted by molar-refractivity contribution is 0.142. The van der Waals surface area contributed by atoms with Gasteiger partial charge in [0.25, 0.3) is 0 Å². The number of hydrogen-bond acceptors (Lipinski definition) is 3. The maximum atomic E-state index is 5.97. The highest BCUT2D eigenvalue weighted by atomic mass is 35.5. The third-order valence-corrected chi connectivity index (χ3v) is 3.87. The van der Waals surface area contributed by atoms with Gasteiger partial charge in [-0.2, -0.15) is 0 Å². The Kier molecular flexibility index (Phi) is 3.27. The van der Waals surface area contributed by atoms with Crippen molar-refractivity contribution in [1.82, 2.24) is 0 Å². The number of benzene rings is 1. The molecule has 0 bridgehead atoms. The van der Waals surface area contributed by atoms with Crippen LogP contribution >= 0.6 is 11.6 Å². The smallest absolute Gasteiger partial charge is 0.188 e. The fraction of sp³-hybridized carbons (Fsp3) is 0.500. The minimum Gasteiger partial charge on any atom is -0.475 e. The highest BCUT2D eigenvalue weighted by Gasteiger charge is 2.35. The van der Waals surface area contributed by atoms with Crippen LogP contribution in [-0.2, 0) is 11.2 Å². The number of fused-ring (bicyclic) bond motifs is 1. The van der Waals surface area contributed by atoms with Crippen LogP contribution in [0.3, 0.4) is 0 Å². The molecule has 2 aliphatic rings. The molecule has 0 radical (unpaired) electrons. The van der Waals surface area contributed by atoms with E-state index in [0.29, 0.717) is 0 Å². The predicted octanol–water partition coefficient (Wildman–Crippen LogP) is 2.56. The minimum atomic E-state index is 0.249. The van der Waals surface area contributed by atoms with Crippen LogP contribution in [0.15, 0.2) is 29.3 Å². The summed E-state index contributed by atoms with van der Waals surface area (Å²) in [5.41, 5.74) is 7.11. The second-order valence-corrected chi connectivity index (χ2v) is 5.56. The SMILES string of the molecule is NC1CCC2OC(Cc3cccc(Cl)c3)=NC2C1. The van der Waals surface area contributed by atoms with E-state index in [2.05, 4.69) is 4.99 Å². The monoisotopic (exact) mass is 264 g/mol. The Labute approximate surface area is 112 Å². The third-order valence-electron chi connectivity index (χ3n) is 3.64. The van der Waals surface area contributed by atoms with E-state index in [4.69, 9.17) is 22.1 Å². The Bertz CT molecular complexity index is 475. The summed E-state index contributed by atoms with van der Waals surface area (Å²) in [5, 5.41) is 0.755. The summed E-state index contributed by atoms with van der Waals surface area (Å²) in [5.74, 6) is 0.835. The van der Waals surface area contributed by atoms with Gasteiger partial charge in [-0.15, -0.1) is 0 Å². The van der Waals surface area contributed by atoms with Gasteiger partial charge in [-0.1, -0.05) is 23.7 Å². The second kappa shape index (κ2) is 4.90. The van der Waals surface area contributed by atoms with Gasteiger partial charge in [0.05, 0.1) is 6.04 Å². The Hall–Kier alpha value is -1.06. The highest BCUT2D eigenvalue weighted by Crippen LogP contribution is 2.29. The lowest BCUT2D eigenvalue weighted by Crippen LogP contribution is -2.37. The van der Waals surface area contributed by atoms with Crippen molar-refractivity contribution in [3.05, 3.63) is 34.9 Å². The van der Waals surface area contributed by atoms with E-state index in [1.807, 2.05) is 24.3 Å². The lowest BCUT2D eigenvalue weighted by Gasteiger charge is -2.26. The molecular formula is C14H17ClN2O. The lowest BCUT2D eigenvalue weighted by atomic mass is 9.90. The van der Waals surface area contributed by atoms with Gasteiger partial charge >= 0.3 is 0 Å². The molecule has 0 saturated heterocycles. The Morgan fingerprint density at radius 3 is 3.11 bits per heavy atom. The molecule has 1 aromatic rings. The molecule has 3 rings (SSSR count). The molecule has 0 amide bonds. The van der Waals surface area contributed by atoms with Gasteiger partial charge in [-0.25, -0.2) is 4.99 Å². The molecule has 1 fully saturated rings. The van der Waals surface area contributed by atoms with Gasteiger partial charge in [0.15, 0.2) is 5.90 Å². The van der Waals surface area contributed by atoms with E-state index in [-0.39, 0.29) is 18.2 Å². The molecule has 1 aromatic carbocycles. The normalized spacial score (nSPS) is 30.6. The van der Waals surface area contributed by atoms with E-state index in [9.17, 15) is 0 Å². The first kappa shape index (κ1) is 12.0. The van der Waals surface area contributed by atoms with E-state index < -0.39 is 0 Å². The average Bonchev–Trinajstić information content (AvgIpc) is 2.70. The van der Waals surface area contributed by atoms with Crippen molar-refractivity contribution in [2.24, 2.45) is 10.7 Å². The largest absolute Gasteiger partial charge is 0.475 e. The van der Waals surface area contributed by atoms with E-state index in [1.165, 1.54) is 0 Å². The van der Waals surface area contributed by atoms with Gasteiger partial charge in [0.1, 0.15) is 6.10 Å². The van der Waals surface area contributed by atoms with Crippen molar-refractivity contribution in [2.75, 3.05) is 0 Å². The van der Waals surface area contributed by atoms with Crippen LogP contribution < -0.4 is 5.73 Å². The summed E-state index contributed by atoms with van der Waals surface area (Å²) in [4.78, 5) is 4.66. The Morgan fingerprint density at radius 2 is 2.28 bits per heavy atom. The number of rotatable bonds is 2. The topological polar surface area (TPSA) is 47.6 Å². The summed E-state index contributed by atoms with van der Waals surface area (Å²) in [6.45, 7) is 0. The van der Waals surface area contributed by atoms with Crippen LogP contribution in [0.25, 0.3) is 0 Å². The van der Waals surface area contributed by atoms with Crippen LogP contribution in [0.2, 0.25) is 5.02 Å². The zero-order chi connectivity index (χ0) is 12.5. The first-order valence-corrected chi connectivity index (χ1v) is 6.82. The molecule has 3 atom stereocenters. The molecule has 1 saturated carbocycles. The molecule has 1 aliphatic carbocycles. The fourth-order valence-electron chi connectivity index (χ4n) is 2.72. The third kappa shape index (κ3) is 2.52. The number of ether oxygens (including phenoxy) is 1. The summed E-state index contributed by atoms with van der Waals surface area (Å²) < 4.78 is 5.91. The summed E-state index contributed by atoms with van der Waals surface area (Å²) in [6, 6.07) is 8.39. The number of nitrogens with zero attached hydrogens (tertiary/aromatic N) is 1. The van der Waals surface area contributed by atoms with Gasteiger partial charge in [0, 0.05) is 17.5 Å². The van der Waals surface area contributed by atoms with Crippen molar-refractivity contribution >= 4 is 17.5 Å². The van der Waals surface area contributed by atoms with Crippen molar-refractivity contribution in [3.63, 3.8) is 0 Å². The van der Waals surface area contributed by atoms with Crippen LogP contribution in [0.4, 0.5) is 0 Å². The fourth-order valence-corrected chi connectivity index (χ4v) is 2.94. The zero-order valence-electron chi connectivity index (χ0n) is 10.2. The summed E-state index contributed by atoms with van der Waals surface area (Å²) in [7, 11) is 0. The summed E-state index contributed by atoms with van der Waals surface area (Å²) >= 11 is 5.97. The molecule has 1 aliphatic heterocycles. The van der Waals surface area contributed by atoms with E-state index in [0.717, 1.165) is 42.2 Å². The quantitative estimate of drug-likeness (QED) is 0.892. The minimum absolute atomic E-state index is 0.249. The molecule has 4 heteroatoms. The zero-order valence-corrected chi connectivity index (χ0v) is 10.9. The first-order chi connectivity index (χ1) is 8.70. The standard InChI is InChI=1S/C14H17ClN2O/c15-10-3-1-2-9(6-10)7-14-17-12-8-11(16)4-5-13(12)18-14/h1-3,6,11-13H,4-5,7-8,16H2. The van der Waals surface area contributed by atoms with Crippen LogP contribution in [-0.4, -0.2) is 24.1 Å². The average molecular weight is 265 g/mol. The van der Waals surface area contributed by atoms with Crippen molar-refractivity contribution in [3.8, 4) is 0 Å². The number of aliphatic imine (C=N–C) groups is 1. The number of hydrogen-bond donors (Lipinski definition) is 1. The van der Waals surface area contributed by atoms with Gasteiger partial charge in [-0.3, -0.25) is 0 Å². The van der Waals surface area contributed by atoms with E-state index >= 15 is 0 Å². The van der Waals surface area contributed by atoms with E-state index in [1.54, 1.807) is 0 Å². The first-order valence-electron chi connectivity index (χ1n) is 6.44. The molecule has 18 heavy (non-hydrogen) atoms. The molecule has 96 valence electrons. The molecule has 2 N–H and O–H groups in total. The van der Waals surface area contributed by atoms with Crippen molar-refractivity contribution < 1.29 is 4.74 Å². The molecule has 0 spiro atoms. The Morgan fingerprint density at radius 1 is 1.39 bits per heavy atom.